The Bertz CT molecular complexity index is 283. The van der Waals surface area contributed by atoms with Crippen molar-refractivity contribution < 1.29 is 5.11 Å². The molecule has 0 aliphatic carbocycles. The fraction of sp³-hybridized carbons (Fsp3) is 0.727. The van der Waals surface area contributed by atoms with Crippen molar-refractivity contribution in [1.82, 2.24) is 15.1 Å². The maximum Gasteiger partial charge on any atom is 0.0537 e. The van der Waals surface area contributed by atoms with E-state index in [1.54, 1.807) is 0 Å². The van der Waals surface area contributed by atoms with Gasteiger partial charge < -0.3 is 10.4 Å². The second-order valence-corrected chi connectivity index (χ2v) is 4.11. The lowest BCUT2D eigenvalue weighted by Gasteiger charge is -2.12. The summed E-state index contributed by atoms with van der Waals surface area (Å²) in [6, 6.07) is 0.327. The minimum atomic E-state index is -0.194. The van der Waals surface area contributed by atoms with Crippen LogP contribution in [0.4, 0.5) is 0 Å². The molecule has 0 amide bonds. The molecule has 4 heteroatoms. The lowest BCUT2D eigenvalue weighted by Crippen LogP contribution is -2.20. The Labute approximate surface area is 91.3 Å². The van der Waals surface area contributed by atoms with Gasteiger partial charge in [-0.3, -0.25) is 4.68 Å². The molecule has 15 heavy (non-hydrogen) atoms. The van der Waals surface area contributed by atoms with Crippen LogP contribution in [0.1, 0.15) is 38.3 Å². The number of aliphatic hydroxyl groups is 1. The van der Waals surface area contributed by atoms with Crippen molar-refractivity contribution in [3.63, 3.8) is 0 Å². The quantitative estimate of drug-likeness (QED) is 0.696. The highest BCUT2D eigenvalue weighted by Crippen LogP contribution is 2.10. The Hall–Kier alpha value is -0.870. The van der Waals surface area contributed by atoms with Gasteiger partial charge in [-0.2, -0.15) is 5.10 Å². The van der Waals surface area contributed by atoms with Crippen molar-refractivity contribution >= 4 is 0 Å². The summed E-state index contributed by atoms with van der Waals surface area (Å²) < 4.78 is 1.81. The molecule has 1 aromatic rings. The van der Waals surface area contributed by atoms with Crippen molar-refractivity contribution in [2.45, 2.75) is 38.8 Å². The molecule has 0 spiro atoms. The number of aliphatic hydroxyl groups excluding tert-OH is 1. The number of rotatable bonds is 6. The van der Waals surface area contributed by atoms with Crippen molar-refractivity contribution in [2.24, 2.45) is 7.05 Å². The largest absolute Gasteiger partial charge is 0.393 e. The monoisotopic (exact) mass is 211 g/mol. The van der Waals surface area contributed by atoms with Crippen LogP contribution in [-0.4, -0.2) is 27.5 Å². The summed E-state index contributed by atoms with van der Waals surface area (Å²) in [6.45, 7) is 4.88. The second-order valence-electron chi connectivity index (χ2n) is 4.11. The first-order valence-corrected chi connectivity index (χ1v) is 5.49. The highest BCUT2D eigenvalue weighted by Gasteiger charge is 2.06. The molecular weight excluding hydrogens is 190 g/mol. The van der Waals surface area contributed by atoms with Crippen LogP contribution in [0.15, 0.2) is 12.4 Å². The minimum Gasteiger partial charge on any atom is -0.393 e. The van der Waals surface area contributed by atoms with Gasteiger partial charge in [-0.15, -0.1) is 0 Å². The smallest absolute Gasteiger partial charge is 0.0537 e. The highest BCUT2D eigenvalue weighted by molar-refractivity contribution is 5.08. The number of hydrogen-bond acceptors (Lipinski definition) is 3. The molecule has 2 unspecified atom stereocenters. The summed E-state index contributed by atoms with van der Waals surface area (Å²) in [5.41, 5.74) is 1.20. The fourth-order valence-electron chi connectivity index (χ4n) is 1.50. The van der Waals surface area contributed by atoms with Crippen LogP contribution in [0.25, 0.3) is 0 Å². The number of nitrogens with zero attached hydrogens (tertiary/aromatic N) is 2. The van der Waals surface area contributed by atoms with E-state index in [2.05, 4.69) is 17.3 Å². The number of aryl methyl sites for hydroxylation is 1. The van der Waals surface area contributed by atoms with Gasteiger partial charge in [0.15, 0.2) is 0 Å². The predicted octanol–water partition coefficient (Wildman–Crippen LogP) is 1.23. The highest BCUT2D eigenvalue weighted by atomic mass is 16.3. The standard InChI is InChI=1S/C11H21N3O/c1-9(15)5-4-6-12-10(2)11-7-13-14(3)8-11/h7-10,12,15H,4-6H2,1-3H3. The molecule has 86 valence electrons. The van der Waals surface area contributed by atoms with Crippen LogP contribution in [0, 0.1) is 0 Å². The minimum absolute atomic E-state index is 0.194. The van der Waals surface area contributed by atoms with Crippen LogP contribution < -0.4 is 5.32 Å². The van der Waals surface area contributed by atoms with E-state index in [-0.39, 0.29) is 6.10 Å². The number of hydrogen-bond donors (Lipinski definition) is 2. The first-order valence-electron chi connectivity index (χ1n) is 5.49. The van der Waals surface area contributed by atoms with Gasteiger partial charge in [0.25, 0.3) is 0 Å². The van der Waals surface area contributed by atoms with E-state index in [4.69, 9.17) is 5.11 Å². The molecule has 1 aromatic heterocycles. The van der Waals surface area contributed by atoms with Crippen LogP contribution in [0.3, 0.4) is 0 Å². The van der Waals surface area contributed by atoms with Crippen LogP contribution >= 0.6 is 0 Å². The molecule has 0 radical (unpaired) electrons. The number of nitrogens with one attached hydrogen (secondary N) is 1. The van der Waals surface area contributed by atoms with Crippen molar-refractivity contribution in [1.29, 1.82) is 0 Å². The zero-order chi connectivity index (χ0) is 11.3. The number of aromatic nitrogens is 2. The lowest BCUT2D eigenvalue weighted by molar-refractivity contribution is 0.181. The molecule has 2 atom stereocenters. The first kappa shape index (κ1) is 12.2. The zero-order valence-electron chi connectivity index (χ0n) is 9.77. The summed E-state index contributed by atoms with van der Waals surface area (Å²) in [5, 5.41) is 16.6. The normalized spacial score (nSPS) is 15.2. The Morgan fingerprint density at radius 3 is 2.80 bits per heavy atom. The fourth-order valence-corrected chi connectivity index (χ4v) is 1.50. The molecule has 0 aromatic carbocycles. The van der Waals surface area contributed by atoms with E-state index in [1.807, 2.05) is 31.0 Å². The molecule has 0 saturated carbocycles. The lowest BCUT2D eigenvalue weighted by atomic mass is 10.1. The summed E-state index contributed by atoms with van der Waals surface area (Å²) in [6.07, 6.45) is 5.56. The van der Waals surface area contributed by atoms with Gasteiger partial charge in [0.2, 0.25) is 0 Å². The third kappa shape index (κ3) is 4.44. The van der Waals surface area contributed by atoms with Gasteiger partial charge in [0.05, 0.1) is 12.3 Å². The summed E-state index contributed by atoms with van der Waals surface area (Å²) >= 11 is 0. The molecule has 1 heterocycles. The third-order valence-corrected chi connectivity index (χ3v) is 2.47. The molecule has 4 nitrogen and oxygen atoms in total. The van der Waals surface area contributed by atoms with Gasteiger partial charge in [0, 0.05) is 24.8 Å². The molecule has 1 rings (SSSR count). The molecule has 0 fully saturated rings. The average Bonchev–Trinajstić information content (AvgIpc) is 2.59. The van der Waals surface area contributed by atoms with Gasteiger partial charge in [-0.1, -0.05) is 0 Å². The molecule has 2 N–H and O–H groups in total. The predicted molar refractivity (Wildman–Crippen MR) is 60.5 cm³/mol. The first-order chi connectivity index (χ1) is 7.09. The SMILES string of the molecule is CC(O)CCCNC(C)c1cnn(C)c1. The van der Waals surface area contributed by atoms with E-state index >= 15 is 0 Å². The van der Waals surface area contributed by atoms with E-state index in [1.165, 1.54) is 5.56 Å². The Balaban J connectivity index is 2.21. The maximum atomic E-state index is 9.10. The van der Waals surface area contributed by atoms with Crippen molar-refractivity contribution in [2.75, 3.05) is 6.54 Å². The van der Waals surface area contributed by atoms with Crippen LogP contribution in [-0.2, 0) is 7.05 Å². The Morgan fingerprint density at radius 2 is 2.27 bits per heavy atom. The van der Waals surface area contributed by atoms with Gasteiger partial charge >= 0.3 is 0 Å². The van der Waals surface area contributed by atoms with Crippen LogP contribution in [0.5, 0.6) is 0 Å². The summed E-state index contributed by atoms with van der Waals surface area (Å²) in [5.74, 6) is 0. The molecular formula is C11H21N3O. The topological polar surface area (TPSA) is 50.1 Å². The maximum absolute atomic E-state index is 9.10. The van der Waals surface area contributed by atoms with Gasteiger partial charge in [-0.25, -0.2) is 0 Å². The van der Waals surface area contributed by atoms with E-state index in [0.717, 1.165) is 19.4 Å². The van der Waals surface area contributed by atoms with Crippen LogP contribution in [0.2, 0.25) is 0 Å². The van der Waals surface area contributed by atoms with Crippen molar-refractivity contribution in [3.8, 4) is 0 Å². The Kier molecular flexibility index (Phi) is 4.78. The third-order valence-electron chi connectivity index (χ3n) is 2.47. The van der Waals surface area contributed by atoms with E-state index < -0.39 is 0 Å². The molecule has 0 bridgehead atoms. The molecule has 0 saturated heterocycles. The molecule has 0 aliphatic rings. The van der Waals surface area contributed by atoms with E-state index in [0.29, 0.717) is 6.04 Å². The van der Waals surface area contributed by atoms with Crippen molar-refractivity contribution in [3.05, 3.63) is 18.0 Å². The molecule has 0 aliphatic heterocycles. The zero-order valence-corrected chi connectivity index (χ0v) is 9.77. The summed E-state index contributed by atoms with van der Waals surface area (Å²) in [7, 11) is 1.92. The average molecular weight is 211 g/mol. The van der Waals surface area contributed by atoms with E-state index in [9.17, 15) is 0 Å². The second kappa shape index (κ2) is 5.88. The van der Waals surface area contributed by atoms with Gasteiger partial charge in [0.1, 0.15) is 0 Å². The Morgan fingerprint density at radius 1 is 1.53 bits per heavy atom. The summed E-state index contributed by atoms with van der Waals surface area (Å²) in [4.78, 5) is 0. The van der Waals surface area contributed by atoms with Gasteiger partial charge in [-0.05, 0) is 33.2 Å².